The molecule has 7 rings (SSSR count). The smallest absolute Gasteiger partial charge is 0.118 e. The van der Waals surface area contributed by atoms with Crippen molar-refractivity contribution in [2.45, 2.75) is 0 Å². The molecule has 0 aliphatic rings. The molecule has 5 aromatic carbocycles. The van der Waals surface area contributed by atoms with Crippen molar-refractivity contribution in [1.29, 1.82) is 10.5 Å². The van der Waals surface area contributed by atoms with Gasteiger partial charge in [-0.25, -0.2) is 9.97 Å². The molecule has 7 aromatic rings. The molecule has 0 N–H and O–H groups in total. The van der Waals surface area contributed by atoms with Crippen molar-refractivity contribution in [1.82, 2.24) is 9.97 Å². The highest BCUT2D eigenvalue weighted by Crippen LogP contribution is 2.38. The molecule has 0 spiro atoms. The van der Waals surface area contributed by atoms with Gasteiger partial charge in [-0.1, -0.05) is 84.9 Å². The van der Waals surface area contributed by atoms with Gasteiger partial charge < -0.3 is 9.47 Å². The lowest BCUT2D eigenvalue weighted by atomic mass is 9.91. The topological polar surface area (TPSA) is 91.8 Å². The van der Waals surface area contributed by atoms with Gasteiger partial charge in [0.1, 0.15) is 23.6 Å². The lowest BCUT2D eigenvalue weighted by Crippen LogP contribution is -1.98. The van der Waals surface area contributed by atoms with Crippen molar-refractivity contribution >= 4 is 0 Å². The Labute approximate surface area is 291 Å². The van der Waals surface area contributed by atoms with Gasteiger partial charge in [0, 0.05) is 33.4 Å². The maximum absolute atomic E-state index is 10.5. The highest BCUT2D eigenvalue weighted by molar-refractivity contribution is 5.87. The third kappa shape index (κ3) is 6.18. The Morgan fingerprint density at radius 3 is 1.08 bits per heavy atom. The second-order valence-electron chi connectivity index (χ2n) is 11.5. The first kappa shape index (κ1) is 31.6. The lowest BCUT2D eigenvalue weighted by Gasteiger charge is -2.15. The predicted molar refractivity (Wildman–Crippen MR) is 197 cm³/mol. The average molecular weight is 647 g/mol. The SMILES string of the molecule is COc1ccc(-c2cc(-c3ccc(-c4cc(-c5ccc(OC)cc5)nc(-c5ccccc5)c4C#N)cc3)c(C#N)c(-c3ccccc3)n2)cc1. The van der Waals surface area contributed by atoms with Crippen molar-refractivity contribution in [3.63, 3.8) is 0 Å². The van der Waals surface area contributed by atoms with Crippen LogP contribution in [-0.2, 0) is 0 Å². The fraction of sp³-hybridized carbons (Fsp3) is 0.0455. The molecule has 6 heteroatoms. The van der Waals surface area contributed by atoms with Crippen LogP contribution in [0, 0.1) is 22.7 Å². The van der Waals surface area contributed by atoms with E-state index in [4.69, 9.17) is 19.4 Å². The van der Waals surface area contributed by atoms with Crippen molar-refractivity contribution in [2.75, 3.05) is 14.2 Å². The maximum Gasteiger partial charge on any atom is 0.118 e. The minimum atomic E-state index is 0.482. The first-order chi connectivity index (χ1) is 24.6. The van der Waals surface area contributed by atoms with E-state index < -0.39 is 0 Å². The van der Waals surface area contributed by atoms with E-state index >= 15 is 0 Å². The van der Waals surface area contributed by atoms with Gasteiger partial charge in [-0.3, -0.25) is 0 Å². The quantitative estimate of drug-likeness (QED) is 0.163. The zero-order chi connectivity index (χ0) is 34.5. The molecule has 0 aliphatic carbocycles. The van der Waals surface area contributed by atoms with Crippen LogP contribution >= 0.6 is 0 Å². The van der Waals surface area contributed by atoms with Gasteiger partial charge in [-0.2, -0.15) is 10.5 Å². The van der Waals surface area contributed by atoms with Gasteiger partial charge in [0.05, 0.1) is 48.1 Å². The summed E-state index contributed by atoms with van der Waals surface area (Å²) in [6.45, 7) is 0. The molecule has 0 saturated heterocycles. The Bertz CT molecular complexity index is 2200. The number of aromatic nitrogens is 2. The number of methoxy groups -OCH3 is 2. The van der Waals surface area contributed by atoms with E-state index in [9.17, 15) is 10.5 Å². The van der Waals surface area contributed by atoms with Crippen LogP contribution in [0.5, 0.6) is 11.5 Å². The maximum atomic E-state index is 10.5. The molecule has 0 amide bonds. The minimum absolute atomic E-state index is 0.482. The Morgan fingerprint density at radius 1 is 0.420 bits per heavy atom. The molecule has 2 aromatic heterocycles. The van der Waals surface area contributed by atoms with Gasteiger partial charge in [0.25, 0.3) is 0 Å². The molecular weight excluding hydrogens is 617 g/mol. The van der Waals surface area contributed by atoms with E-state index in [0.29, 0.717) is 22.5 Å². The predicted octanol–water partition coefficient (Wildman–Crippen LogP) is 10.2. The highest BCUT2D eigenvalue weighted by Gasteiger charge is 2.20. The van der Waals surface area contributed by atoms with Crippen molar-refractivity contribution < 1.29 is 9.47 Å². The highest BCUT2D eigenvalue weighted by atomic mass is 16.5. The van der Waals surface area contributed by atoms with Gasteiger partial charge in [0.2, 0.25) is 0 Å². The normalized spacial score (nSPS) is 10.6. The second-order valence-corrected chi connectivity index (χ2v) is 11.5. The van der Waals surface area contributed by atoms with Crippen molar-refractivity contribution in [2.24, 2.45) is 0 Å². The van der Waals surface area contributed by atoms with Crippen LogP contribution in [0.2, 0.25) is 0 Å². The molecule has 0 saturated carbocycles. The third-order valence-electron chi connectivity index (χ3n) is 8.64. The Morgan fingerprint density at radius 2 is 0.760 bits per heavy atom. The molecule has 0 unspecified atom stereocenters. The van der Waals surface area contributed by atoms with Gasteiger partial charge in [0.15, 0.2) is 0 Å². The molecule has 2 heterocycles. The fourth-order valence-electron chi connectivity index (χ4n) is 6.03. The summed E-state index contributed by atoms with van der Waals surface area (Å²) in [6.07, 6.45) is 0. The first-order valence-electron chi connectivity index (χ1n) is 16.0. The van der Waals surface area contributed by atoms with Crippen LogP contribution in [-0.4, -0.2) is 24.2 Å². The van der Waals surface area contributed by atoms with Gasteiger partial charge in [-0.05, 0) is 71.8 Å². The molecular formula is C44H30N4O2. The molecule has 0 fully saturated rings. The first-order valence-corrected chi connectivity index (χ1v) is 16.0. The number of ether oxygens (including phenoxy) is 2. The molecule has 0 radical (unpaired) electrons. The van der Waals surface area contributed by atoms with E-state index in [1.165, 1.54) is 0 Å². The number of rotatable bonds is 8. The van der Waals surface area contributed by atoms with Gasteiger partial charge in [-0.15, -0.1) is 0 Å². The summed E-state index contributed by atoms with van der Waals surface area (Å²) in [7, 11) is 3.27. The van der Waals surface area contributed by atoms with E-state index in [0.717, 1.165) is 67.4 Å². The summed E-state index contributed by atoms with van der Waals surface area (Å²) in [6, 6.07) is 51.8. The molecule has 238 valence electrons. The fourth-order valence-corrected chi connectivity index (χ4v) is 6.03. The number of hydrogen-bond donors (Lipinski definition) is 0. The summed E-state index contributed by atoms with van der Waals surface area (Å²) in [5.41, 5.74) is 10.4. The molecule has 6 nitrogen and oxygen atoms in total. The van der Waals surface area contributed by atoms with E-state index in [1.54, 1.807) is 14.2 Å². The van der Waals surface area contributed by atoms with E-state index in [-0.39, 0.29) is 0 Å². The van der Waals surface area contributed by atoms with Crippen LogP contribution in [0.1, 0.15) is 11.1 Å². The van der Waals surface area contributed by atoms with Crippen molar-refractivity contribution in [3.05, 3.63) is 157 Å². The number of hydrogen-bond acceptors (Lipinski definition) is 6. The lowest BCUT2D eigenvalue weighted by molar-refractivity contribution is 0.415. The minimum Gasteiger partial charge on any atom is -0.497 e. The largest absolute Gasteiger partial charge is 0.497 e. The Hall–Kier alpha value is -7.02. The monoisotopic (exact) mass is 646 g/mol. The number of benzene rings is 5. The molecule has 0 bridgehead atoms. The standard InChI is InChI=1S/C44H30N4O2/c1-49-35-21-17-31(18-22-35)41-25-37(39(27-45)43(47-41)33-9-5-3-6-10-33)29-13-15-30(16-14-29)38-26-42(32-19-23-36(50-2)24-20-32)48-44(40(38)28-46)34-11-7-4-8-12-34/h3-26H,1-2H3. The zero-order valence-corrected chi connectivity index (χ0v) is 27.5. The molecule has 0 atom stereocenters. The van der Waals surface area contributed by atoms with E-state index in [1.807, 2.05) is 146 Å². The van der Waals surface area contributed by atoms with Crippen LogP contribution in [0.3, 0.4) is 0 Å². The Balaban J connectivity index is 1.38. The van der Waals surface area contributed by atoms with Crippen molar-refractivity contribution in [3.8, 4) is 90.9 Å². The average Bonchev–Trinajstić information content (AvgIpc) is 3.20. The summed E-state index contributed by atoms with van der Waals surface area (Å²) in [4.78, 5) is 9.97. The van der Waals surface area contributed by atoms with Crippen LogP contribution in [0.4, 0.5) is 0 Å². The van der Waals surface area contributed by atoms with Crippen LogP contribution in [0.25, 0.3) is 67.3 Å². The zero-order valence-electron chi connectivity index (χ0n) is 27.5. The van der Waals surface area contributed by atoms with Crippen LogP contribution in [0.15, 0.2) is 146 Å². The number of nitriles is 2. The van der Waals surface area contributed by atoms with Crippen LogP contribution < -0.4 is 9.47 Å². The van der Waals surface area contributed by atoms with Gasteiger partial charge >= 0.3 is 0 Å². The number of pyridine rings is 2. The third-order valence-corrected chi connectivity index (χ3v) is 8.64. The Kier molecular flexibility index (Phi) is 8.84. The summed E-state index contributed by atoms with van der Waals surface area (Å²) < 4.78 is 10.7. The summed E-state index contributed by atoms with van der Waals surface area (Å²) in [5, 5.41) is 21.0. The summed E-state index contributed by atoms with van der Waals surface area (Å²) >= 11 is 0. The molecule has 50 heavy (non-hydrogen) atoms. The number of nitrogens with zero attached hydrogens (tertiary/aromatic N) is 4. The molecule has 0 aliphatic heterocycles. The van der Waals surface area contributed by atoms with E-state index in [2.05, 4.69) is 12.1 Å². The second kappa shape index (κ2) is 14.0. The summed E-state index contributed by atoms with van der Waals surface area (Å²) in [5.74, 6) is 1.50.